The number of hydrogen-bond acceptors (Lipinski definition) is 6. The number of methoxy groups -OCH3 is 1. The van der Waals surface area contributed by atoms with Crippen molar-refractivity contribution in [3.63, 3.8) is 0 Å². The van der Waals surface area contributed by atoms with Crippen molar-refractivity contribution < 1.29 is 28.6 Å². The zero-order valence-corrected chi connectivity index (χ0v) is 20.9. The molecule has 0 bridgehead atoms. The van der Waals surface area contributed by atoms with Gasteiger partial charge < -0.3 is 30.2 Å². The molecule has 2 aromatic carbocycles. The highest BCUT2D eigenvalue weighted by Gasteiger charge is 2.33. The average molecular weight is 532 g/mol. The Labute approximate surface area is 206 Å². The fraction of sp³-hybridized carbons (Fsp3) is 0.292. The van der Waals surface area contributed by atoms with Crippen LogP contribution in [0.4, 0.5) is 10.5 Å². The number of hydrogen-bond donors (Lipinski definition) is 3. The minimum absolute atomic E-state index is 0.248. The van der Waals surface area contributed by atoms with Gasteiger partial charge in [0.15, 0.2) is 18.1 Å². The van der Waals surface area contributed by atoms with E-state index in [1.54, 1.807) is 19.1 Å². The van der Waals surface area contributed by atoms with Gasteiger partial charge in [-0.1, -0.05) is 17.7 Å². The first-order valence-electron chi connectivity index (χ1n) is 10.6. The van der Waals surface area contributed by atoms with Gasteiger partial charge in [0.25, 0.3) is 5.91 Å². The molecule has 1 atom stereocenters. The number of rotatable bonds is 8. The van der Waals surface area contributed by atoms with Crippen LogP contribution in [0.1, 0.15) is 31.0 Å². The Morgan fingerprint density at radius 3 is 2.47 bits per heavy atom. The molecule has 0 saturated carbocycles. The van der Waals surface area contributed by atoms with Crippen LogP contribution in [-0.2, 0) is 14.3 Å². The number of nitrogens with one attached hydrogen (secondary N) is 3. The van der Waals surface area contributed by atoms with Crippen molar-refractivity contribution in [3.8, 4) is 11.5 Å². The van der Waals surface area contributed by atoms with Crippen LogP contribution in [0.3, 0.4) is 0 Å². The van der Waals surface area contributed by atoms with Gasteiger partial charge in [0.1, 0.15) is 0 Å². The average Bonchev–Trinajstić information content (AvgIpc) is 2.79. The van der Waals surface area contributed by atoms with E-state index in [0.29, 0.717) is 39.5 Å². The molecule has 1 aliphatic rings. The molecular weight excluding hydrogens is 506 g/mol. The smallest absolute Gasteiger partial charge is 0.337 e. The molecule has 0 spiro atoms. The molecule has 1 heterocycles. The van der Waals surface area contributed by atoms with E-state index in [1.165, 1.54) is 7.11 Å². The Morgan fingerprint density at radius 1 is 1.12 bits per heavy atom. The predicted octanol–water partition coefficient (Wildman–Crippen LogP) is 3.97. The van der Waals surface area contributed by atoms with Gasteiger partial charge in [0.2, 0.25) is 0 Å². The Hall–Kier alpha value is -3.53. The minimum atomic E-state index is -0.768. The van der Waals surface area contributed by atoms with Crippen molar-refractivity contribution in [1.82, 2.24) is 10.6 Å². The van der Waals surface area contributed by atoms with E-state index >= 15 is 0 Å². The van der Waals surface area contributed by atoms with Crippen LogP contribution < -0.4 is 25.4 Å². The summed E-state index contributed by atoms with van der Waals surface area (Å²) in [5, 5.41) is 8.09. The van der Waals surface area contributed by atoms with Crippen LogP contribution in [-0.4, -0.2) is 38.2 Å². The number of urea groups is 1. The van der Waals surface area contributed by atoms with Crippen LogP contribution >= 0.6 is 15.9 Å². The third-order valence-electron chi connectivity index (χ3n) is 5.02. The summed E-state index contributed by atoms with van der Waals surface area (Å²) < 4.78 is 16.9. The Kier molecular flexibility index (Phi) is 8.17. The van der Waals surface area contributed by atoms with Crippen LogP contribution in [0.25, 0.3) is 0 Å². The van der Waals surface area contributed by atoms with Gasteiger partial charge in [-0.05, 0) is 66.5 Å². The van der Waals surface area contributed by atoms with Gasteiger partial charge in [-0.3, -0.25) is 4.79 Å². The molecule has 0 aromatic heterocycles. The lowest BCUT2D eigenvalue weighted by Crippen LogP contribution is -2.45. The van der Waals surface area contributed by atoms with E-state index in [0.717, 1.165) is 5.56 Å². The lowest BCUT2D eigenvalue weighted by Gasteiger charge is -2.28. The molecule has 0 fully saturated rings. The summed E-state index contributed by atoms with van der Waals surface area (Å²) in [6, 6.07) is 9.56. The molecule has 3 rings (SSSR count). The van der Waals surface area contributed by atoms with Crippen molar-refractivity contribution >= 4 is 39.5 Å². The number of amides is 3. The maximum Gasteiger partial charge on any atom is 0.337 e. The van der Waals surface area contributed by atoms with Gasteiger partial charge >= 0.3 is 12.0 Å². The number of anilines is 1. The fourth-order valence-electron chi connectivity index (χ4n) is 3.45. The molecule has 2 aromatic rings. The number of ether oxygens (including phenoxy) is 3. The number of benzene rings is 2. The Morgan fingerprint density at radius 2 is 1.82 bits per heavy atom. The van der Waals surface area contributed by atoms with E-state index in [-0.39, 0.29) is 18.1 Å². The second-order valence-corrected chi connectivity index (χ2v) is 8.38. The molecule has 3 N–H and O–H groups in total. The topological polar surface area (TPSA) is 115 Å². The van der Waals surface area contributed by atoms with Crippen molar-refractivity contribution in [2.45, 2.75) is 26.8 Å². The molecule has 34 heavy (non-hydrogen) atoms. The van der Waals surface area contributed by atoms with Crippen LogP contribution in [0, 0.1) is 6.92 Å². The number of allylic oxidation sites excluding steroid dienone is 1. The predicted molar refractivity (Wildman–Crippen MR) is 130 cm³/mol. The van der Waals surface area contributed by atoms with Gasteiger partial charge in [-0.25, -0.2) is 9.59 Å². The third kappa shape index (κ3) is 5.88. The zero-order valence-electron chi connectivity index (χ0n) is 19.3. The molecule has 0 aliphatic carbocycles. The maximum absolute atomic E-state index is 12.4. The summed E-state index contributed by atoms with van der Waals surface area (Å²) in [6.07, 6.45) is 0. The number of carbonyl (C=O) groups excluding carboxylic acids is 3. The summed E-state index contributed by atoms with van der Waals surface area (Å²) in [5.41, 5.74) is 2.98. The first-order chi connectivity index (χ1) is 16.2. The SMILES string of the molecule is CCOc1cc(C2NC(=O)NC(C)=C2C(=O)OC)cc(Br)c1OCC(=O)Nc1ccc(C)cc1. The Balaban J connectivity index is 1.85. The molecule has 1 unspecified atom stereocenters. The summed E-state index contributed by atoms with van der Waals surface area (Å²) >= 11 is 3.47. The summed E-state index contributed by atoms with van der Waals surface area (Å²) in [4.78, 5) is 36.9. The second kappa shape index (κ2) is 11.1. The van der Waals surface area contributed by atoms with Crippen LogP contribution in [0.2, 0.25) is 0 Å². The minimum Gasteiger partial charge on any atom is -0.490 e. The number of halogens is 1. The number of esters is 1. The van der Waals surface area contributed by atoms with Gasteiger partial charge in [-0.15, -0.1) is 0 Å². The monoisotopic (exact) mass is 531 g/mol. The standard InChI is InChI=1S/C24H26BrN3O6/c1-5-33-18-11-15(21-20(23(30)32-4)14(3)26-24(31)28-21)10-17(25)22(18)34-12-19(29)27-16-8-6-13(2)7-9-16/h6-11,21H,5,12H2,1-4H3,(H,27,29)(H2,26,28,31). The van der Waals surface area contributed by atoms with Crippen molar-refractivity contribution in [2.75, 3.05) is 25.6 Å². The first kappa shape index (κ1) is 25.1. The van der Waals surface area contributed by atoms with E-state index in [1.807, 2.05) is 38.1 Å². The molecule has 3 amide bonds. The maximum atomic E-state index is 12.4. The fourth-order valence-corrected chi connectivity index (χ4v) is 4.03. The van der Waals surface area contributed by atoms with E-state index in [2.05, 4.69) is 31.9 Å². The molecule has 180 valence electrons. The molecular formula is C24H26BrN3O6. The van der Waals surface area contributed by atoms with E-state index in [9.17, 15) is 14.4 Å². The largest absolute Gasteiger partial charge is 0.490 e. The second-order valence-electron chi connectivity index (χ2n) is 7.53. The highest BCUT2D eigenvalue weighted by molar-refractivity contribution is 9.10. The molecule has 1 aliphatic heterocycles. The summed E-state index contributed by atoms with van der Waals surface area (Å²) in [6.45, 7) is 5.48. The van der Waals surface area contributed by atoms with E-state index < -0.39 is 18.0 Å². The van der Waals surface area contributed by atoms with Crippen LogP contribution in [0.5, 0.6) is 11.5 Å². The highest BCUT2D eigenvalue weighted by atomic mass is 79.9. The number of carbonyl (C=O) groups is 3. The van der Waals surface area contributed by atoms with Gasteiger partial charge in [0, 0.05) is 11.4 Å². The van der Waals surface area contributed by atoms with Gasteiger partial charge in [-0.2, -0.15) is 0 Å². The normalized spacial score (nSPS) is 15.2. The lowest BCUT2D eigenvalue weighted by molar-refractivity contribution is -0.136. The first-order valence-corrected chi connectivity index (χ1v) is 11.3. The zero-order chi connectivity index (χ0) is 24.8. The highest BCUT2D eigenvalue weighted by Crippen LogP contribution is 2.40. The van der Waals surface area contributed by atoms with Crippen LogP contribution in [0.15, 0.2) is 52.1 Å². The summed E-state index contributed by atoms with van der Waals surface area (Å²) in [5.74, 6) is -0.230. The molecule has 0 radical (unpaired) electrons. The number of aryl methyl sites for hydroxylation is 1. The Bertz CT molecular complexity index is 1130. The quantitative estimate of drug-likeness (QED) is 0.444. The lowest BCUT2D eigenvalue weighted by atomic mass is 9.95. The van der Waals surface area contributed by atoms with E-state index in [4.69, 9.17) is 14.2 Å². The van der Waals surface area contributed by atoms with Gasteiger partial charge in [0.05, 0.1) is 29.8 Å². The molecule has 0 saturated heterocycles. The molecule has 9 nitrogen and oxygen atoms in total. The van der Waals surface area contributed by atoms with Crippen molar-refractivity contribution in [3.05, 3.63) is 63.3 Å². The summed E-state index contributed by atoms with van der Waals surface area (Å²) in [7, 11) is 1.27. The van der Waals surface area contributed by atoms with Crippen molar-refractivity contribution in [1.29, 1.82) is 0 Å². The molecule has 10 heteroatoms. The third-order valence-corrected chi connectivity index (χ3v) is 5.61. The van der Waals surface area contributed by atoms with Crippen molar-refractivity contribution in [2.24, 2.45) is 0 Å².